The lowest BCUT2D eigenvalue weighted by atomic mass is 10.2. The van der Waals surface area contributed by atoms with E-state index in [4.69, 9.17) is 10.00 Å². The molecule has 0 bridgehead atoms. The van der Waals surface area contributed by atoms with Crippen molar-refractivity contribution in [3.8, 4) is 11.8 Å². The Labute approximate surface area is 142 Å². The number of hydrogen-bond acceptors (Lipinski definition) is 4. The molecule has 25 heavy (non-hydrogen) atoms. The van der Waals surface area contributed by atoms with Crippen molar-refractivity contribution < 1.29 is 22.7 Å². The second-order valence-corrected chi connectivity index (χ2v) is 5.13. The van der Waals surface area contributed by atoms with Crippen LogP contribution in [0.3, 0.4) is 0 Å². The normalized spacial score (nSPS) is 12.1. The fraction of sp³-hybridized carbons (Fsp3) is 0.235. The molecule has 0 saturated heterocycles. The number of amides is 1. The van der Waals surface area contributed by atoms with Crippen molar-refractivity contribution in [2.24, 2.45) is 0 Å². The lowest BCUT2D eigenvalue weighted by Crippen LogP contribution is -2.45. The number of nitriles is 1. The maximum Gasteiger partial charge on any atom is 0.406 e. The Bertz CT molecular complexity index is 773. The largest absolute Gasteiger partial charge is 0.481 e. The molecule has 1 aromatic heterocycles. The molecule has 1 atom stereocenters. The molecule has 1 unspecified atom stereocenters. The quantitative estimate of drug-likeness (QED) is 0.831. The monoisotopic (exact) mass is 349 g/mol. The first-order chi connectivity index (χ1) is 11.8. The molecule has 0 aliphatic carbocycles. The summed E-state index contributed by atoms with van der Waals surface area (Å²) in [5.74, 6) is -0.794. The fourth-order valence-electron chi connectivity index (χ4n) is 2.08. The maximum atomic E-state index is 12.8. The van der Waals surface area contributed by atoms with Crippen molar-refractivity contribution in [2.45, 2.75) is 19.2 Å². The van der Waals surface area contributed by atoms with Gasteiger partial charge in [-0.05, 0) is 37.3 Å². The Morgan fingerprint density at radius 2 is 2.08 bits per heavy atom. The zero-order chi connectivity index (χ0) is 18.4. The fourth-order valence-corrected chi connectivity index (χ4v) is 2.08. The maximum absolute atomic E-state index is 12.8. The number of nitrogens with zero attached hydrogens (tertiary/aromatic N) is 3. The topological polar surface area (TPSA) is 66.2 Å². The van der Waals surface area contributed by atoms with Gasteiger partial charge in [0.1, 0.15) is 18.1 Å². The molecule has 8 heteroatoms. The van der Waals surface area contributed by atoms with Crippen molar-refractivity contribution >= 4 is 11.7 Å². The lowest BCUT2D eigenvalue weighted by Gasteiger charge is -2.26. The van der Waals surface area contributed by atoms with Gasteiger partial charge < -0.3 is 4.74 Å². The van der Waals surface area contributed by atoms with Gasteiger partial charge in [0.15, 0.2) is 6.10 Å². The van der Waals surface area contributed by atoms with Gasteiger partial charge in [0.2, 0.25) is 0 Å². The van der Waals surface area contributed by atoms with Crippen LogP contribution < -0.4 is 9.64 Å². The second kappa shape index (κ2) is 7.66. The minimum Gasteiger partial charge on any atom is -0.481 e. The van der Waals surface area contributed by atoms with Crippen LogP contribution in [0.25, 0.3) is 0 Å². The third-order valence-electron chi connectivity index (χ3n) is 3.15. The number of anilines is 1. The van der Waals surface area contributed by atoms with E-state index in [0.717, 1.165) is 0 Å². The van der Waals surface area contributed by atoms with E-state index in [1.54, 1.807) is 12.1 Å². The Hall–Kier alpha value is -3.08. The van der Waals surface area contributed by atoms with E-state index in [0.29, 0.717) is 10.5 Å². The van der Waals surface area contributed by atoms with Crippen molar-refractivity contribution in [3.05, 3.63) is 54.2 Å². The minimum atomic E-state index is -4.59. The minimum absolute atomic E-state index is 0.119. The van der Waals surface area contributed by atoms with Gasteiger partial charge in [-0.15, -0.1) is 0 Å². The SMILES string of the molecule is CC(Oc1cccc(C#N)c1)C(=O)N(CC(F)(F)F)c1ccccn1. The van der Waals surface area contributed by atoms with E-state index in [2.05, 4.69) is 4.98 Å². The highest BCUT2D eigenvalue weighted by molar-refractivity contribution is 5.95. The van der Waals surface area contributed by atoms with Gasteiger partial charge in [-0.1, -0.05) is 12.1 Å². The number of ether oxygens (including phenoxy) is 1. The summed E-state index contributed by atoms with van der Waals surface area (Å²) in [5.41, 5.74) is 0.314. The highest BCUT2D eigenvalue weighted by atomic mass is 19.4. The van der Waals surface area contributed by atoms with Crippen LogP contribution in [0, 0.1) is 11.3 Å². The molecule has 0 aliphatic heterocycles. The second-order valence-electron chi connectivity index (χ2n) is 5.13. The Morgan fingerprint density at radius 3 is 2.68 bits per heavy atom. The summed E-state index contributed by atoms with van der Waals surface area (Å²) in [7, 11) is 0. The lowest BCUT2D eigenvalue weighted by molar-refractivity contribution is -0.136. The summed E-state index contributed by atoms with van der Waals surface area (Å²) in [6.07, 6.45) is -4.49. The van der Waals surface area contributed by atoms with Crippen LogP contribution in [0.5, 0.6) is 5.75 Å². The van der Waals surface area contributed by atoms with Crippen LogP contribution in [0.15, 0.2) is 48.7 Å². The van der Waals surface area contributed by atoms with Gasteiger partial charge in [-0.2, -0.15) is 18.4 Å². The van der Waals surface area contributed by atoms with Crippen molar-refractivity contribution in [2.75, 3.05) is 11.4 Å². The molecule has 1 amide bonds. The van der Waals surface area contributed by atoms with Crippen LogP contribution >= 0.6 is 0 Å². The number of carbonyl (C=O) groups excluding carboxylic acids is 1. The molecule has 0 aliphatic rings. The highest BCUT2D eigenvalue weighted by Gasteiger charge is 2.36. The number of halogens is 3. The van der Waals surface area contributed by atoms with Gasteiger partial charge in [0, 0.05) is 6.20 Å². The number of benzene rings is 1. The van der Waals surface area contributed by atoms with E-state index >= 15 is 0 Å². The van der Waals surface area contributed by atoms with Crippen LogP contribution in [0.1, 0.15) is 12.5 Å². The first-order valence-corrected chi connectivity index (χ1v) is 7.26. The van der Waals surface area contributed by atoms with Gasteiger partial charge >= 0.3 is 6.18 Å². The highest BCUT2D eigenvalue weighted by Crippen LogP contribution is 2.22. The standard InChI is InChI=1S/C17H14F3N3O2/c1-12(25-14-6-4-5-13(9-14)10-21)16(24)23(11-17(18,19)20)15-7-2-3-8-22-15/h2-9,12H,11H2,1H3. The van der Waals surface area contributed by atoms with E-state index < -0.39 is 24.7 Å². The van der Waals surface area contributed by atoms with E-state index in [9.17, 15) is 18.0 Å². The molecule has 0 spiro atoms. The number of alkyl halides is 3. The van der Waals surface area contributed by atoms with Crippen molar-refractivity contribution in [1.29, 1.82) is 5.26 Å². The Kier molecular flexibility index (Phi) is 5.60. The number of carbonyl (C=O) groups is 1. The van der Waals surface area contributed by atoms with Crippen LogP contribution in [0.2, 0.25) is 0 Å². The predicted molar refractivity (Wildman–Crippen MR) is 83.9 cm³/mol. The van der Waals surface area contributed by atoms with Gasteiger partial charge in [-0.3, -0.25) is 9.69 Å². The number of aromatic nitrogens is 1. The Morgan fingerprint density at radius 1 is 1.32 bits per heavy atom. The molecule has 5 nitrogen and oxygen atoms in total. The molecular formula is C17H14F3N3O2. The summed E-state index contributed by atoms with van der Waals surface area (Å²) in [5, 5.41) is 8.86. The van der Waals surface area contributed by atoms with Crippen LogP contribution in [-0.2, 0) is 4.79 Å². The number of hydrogen-bond donors (Lipinski definition) is 0. The summed E-state index contributed by atoms with van der Waals surface area (Å²) in [6, 6.07) is 12.3. The first kappa shape index (κ1) is 18.3. The molecule has 0 saturated carbocycles. The molecule has 0 fully saturated rings. The molecule has 1 heterocycles. The van der Waals surface area contributed by atoms with Gasteiger partial charge in [0.25, 0.3) is 5.91 Å². The molecule has 0 radical (unpaired) electrons. The average Bonchev–Trinajstić information content (AvgIpc) is 2.59. The summed E-state index contributed by atoms with van der Waals surface area (Å²) < 4.78 is 43.9. The van der Waals surface area contributed by atoms with Crippen LogP contribution in [-0.4, -0.2) is 29.7 Å². The molecule has 0 N–H and O–H groups in total. The van der Waals surface area contributed by atoms with E-state index in [1.165, 1.54) is 43.5 Å². The Balaban J connectivity index is 2.21. The van der Waals surface area contributed by atoms with Crippen LogP contribution in [0.4, 0.5) is 19.0 Å². The molecule has 2 rings (SSSR count). The molecular weight excluding hydrogens is 335 g/mol. The third kappa shape index (κ3) is 5.21. The summed E-state index contributed by atoms with van der Waals surface area (Å²) in [4.78, 5) is 16.8. The zero-order valence-electron chi connectivity index (χ0n) is 13.2. The molecule has 2 aromatic rings. The third-order valence-corrected chi connectivity index (χ3v) is 3.15. The number of rotatable bonds is 5. The summed E-state index contributed by atoms with van der Waals surface area (Å²) in [6.45, 7) is -0.136. The zero-order valence-corrected chi connectivity index (χ0v) is 13.2. The molecule has 130 valence electrons. The van der Waals surface area contributed by atoms with E-state index in [1.807, 2.05) is 6.07 Å². The summed E-state index contributed by atoms with van der Waals surface area (Å²) >= 11 is 0. The van der Waals surface area contributed by atoms with Gasteiger partial charge in [-0.25, -0.2) is 4.98 Å². The van der Waals surface area contributed by atoms with Gasteiger partial charge in [0.05, 0.1) is 11.6 Å². The smallest absolute Gasteiger partial charge is 0.406 e. The van der Waals surface area contributed by atoms with E-state index in [-0.39, 0.29) is 11.6 Å². The average molecular weight is 349 g/mol. The first-order valence-electron chi connectivity index (χ1n) is 7.26. The predicted octanol–water partition coefficient (Wildman–Crippen LogP) is 3.32. The van der Waals surface area contributed by atoms with Crippen molar-refractivity contribution in [3.63, 3.8) is 0 Å². The van der Waals surface area contributed by atoms with Crippen molar-refractivity contribution in [1.82, 2.24) is 4.98 Å². The number of pyridine rings is 1. The molecule has 1 aromatic carbocycles.